The summed E-state index contributed by atoms with van der Waals surface area (Å²) in [6, 6.07) is 1.11. The van der Waals surface area contributed by atoms with Gasteiger partial charge in [-0.2, -0.15) is 4.98 Å². The Labute approximate surface area is 179 Å². The van der Waals surface area contributed by atoms with Crippen molar-refractivity contribution in [3.63, 3.8) is 0 Å². The SMILES string of the molecule is CCc1cc(=O)oc2nc(OCC3=CC4CCC5(CCCC5)CC4S3(=O)=O)[nH]c(=O)c12. The lowest BCUT2D eigenvalue weighted by Gasteiger charge is -2.39. The van der Waals surface area contributed by atoms with Crippen LogP contribution in [0.4, 0.5) is 0 Å². The van der Waals surface area contributed by atoms with Crippen molar-refractivity contribution in [3.05, 3.63) is 43.4 Å². The zero-order valence-electron chi connectivity index (χ0n) is 17.5. The molecule has 0 radical (unpaired) electrons. The summed E-state index contributed by atoms with van der Waals surface area (Å²) < 4.78 is 37.0. The maximum Gasteiger partial charge on any atom is 0.337 e. The molecular weight excluding hydrogens is 420 g/mol. The monoisotopic (exact) mass is 446 g/mol. The van der Waals surface area contributed by atoms with Crippen molar-refractivity contribution in [2.75, 3.05) is 6.61 Å². The van der Waals surface area contributed by atoms with E-state index in [4.69, 9.17) is 9.15 Å². The third-order valence-corrected chi connectivity index (χ3v) is 9.65. The first-order valence-corrected chi connectivity index (χ1v) is 12.5. The van der Waals surface area contributed by atoms with Crippen molar-refractivity contribution < 1.29 is 17.6 Å². The van der Waals surface area contributed by atoms with Gasteiger partial charge in [-0.15, -0.1) is 0 Å². The summed E-state index contributed by atoms with van der Waals surface area (Å²) in [5.41, 5.74) is -0.459. The average molecular weight is 447 g/mol. The molecule has 1 N–H and O–H groups in total. The molecule has 8 nitrogen and oxygen atoms in total. The Hall–Kier alpha value is -2.42. The number of sulfone groups is 1. The Balaban J connectivity index is 1.38. The van der Waals surface area contributed by atoms with Gasteiger partial charge < -0.3 is 9.15 Å². The summed E-state index contributed by atoms with van der Waals surface area (Å²) in [5.74, 6) is 0.0311. The normalized spacial score (nSPS) is 26.2. The summed E-state index contributed by atoms with van der Waals surface area (Å²) >= 11 is 0. The van der Waals surface area contributed by atoms with Crippen LogP contribution in [0.5, 0.6) is 6.01 Å². The van der Waals surface area contributed by atoms with Gasteiger partial charge in [0.05, 0.1) is 10.2 Å². The number of hydrogen-bond donors (Lipinski definition) is 1. The minimum Gasteiger partial charge on any atom is -0.459 e. The zero-order valence-corrected chi connectivity index (χ0v) is 18.3. The number of nitrogens with zero attached hydrogens (tertiary/aromatic N) is 1. The number of allylic oxidation sites excluding steroid dienone is 1. The number of aromatic amines is 1. The van der Waals surface area contributed by atoms with Gasteiger partial charge in [0.25, 0.3) is 11.6 Å². The highest BCUT2D eigenvalue weighted by Gasteiger charge is 2.50. The Kier molecular flexibility index (Phi) is 4.84. The first kappa shape index (κ1) is 20.5. The molecule has 0 amide bonds. The number of aryl methyl sites for hydroxylation is 1. The van der Waals surface area contributed by atoms with Gasteiger partial charge in [-0.25, -0.2) is 13.2 Å². The molecule has 5 rings (SSSR count). The van der Waals surface area contributed by atoms with Crippen LogP contribution in [0.3, 0.4) is 0 Å². The molecule has 2 atom stereocenters. The smallest absolute Gasteiger partial charge is 0.337 e. The second-order valence-electron chi connectivity index (χ2n) is 9.11. The first-order valence-electron chi connectivity index (χ1n) is 11.0. The van der Waals surface area contributed by atoms with E-state index in [9.17, 15) is 18.0 Å². The Bertz CT molecular complexity index is 1280. The molecule has 9 heteroatoms. The number of nitrogens with one attached hydrogen (secondary N) is 1. The number of hydrogen-bond acceptors (Lipinski definition) is 7. The summed E-state index contributed by atoms with van der Waals surface area (Å²) in [7, 11) is -3.45. The second-order valence-corrected chi connectivity index (χ2v) is 11.3. The van der Waals surface area contributed by atoms with Crippen molar-refractivity contribution in [1.29, 1.82) is 0 Å². The fourth-order valence-corrected chi connectivity index (χ4v) is 7.95. The molecular formula is C22H26N2O6S. The molecule has 0 bridgehead atoms. The molecule has 2 aliphatic carbocycles. The molecule has 3 heterocycles. The van der Waals surface area contributed by atoms with Gasteiger partial charge >= 0.3 is 5.63 Å². The number of fused-ring (bicyclic) bond motifs is 2. The van der Waals surface area contributed by atoms with Crippen LogP contribution in [0, 0.1) is 11.3 Å². The largest absolute Gasteiger partial charge is 0.459 e. The Morgan fingerprint density at radius 2 is 2.03 bits per heavy atom. The van der Waals surface area contributed by atoms with Gasteiger partial charge in [0.1, 0.15) is 12.0 Å². The maximum atomic E-state index is 13.2. The number of ether oxygens (including phenoxy) is 1. The van der Waals surface area contributed by atoms with Crippen molar-refractivity contribution in [1.82, 2.24) is 9.97 Å². The predicted octanol–water partition coefficient (Wildman–Crippen LogP) is 2.86. The molecule has 1 aliphatic heterocycles. The van der Waals surface area contributed by atoms with Gasteiger partial charge in [0.15, 0.2) is 9.84 Å². The fourth-order valence-electron chi connectivity index (χ4n) is 5.72. The third-order valence-electron chi connectivity index (χ3n) is 7.35. The molecule has 2 fully saturated rings. The maximum absolute atomic E-state index is 13.2. The van der Waals surface area contributed by atoms with Crippen LogP contribution in [0.1, 0.15) is 57.4 Å². The summed E-state index contributed by atoms with van der Waals surface area (Å²) in [6.45, 7) is 1.62. The van der Waals surface area contributed by atoms with Crippen molar-refractivity contribution >= 4 is 20.9 Å². The first-order chi connectivity index (χ1) is 14.8. The van der Waals surface area contributed by atoms with E-state index in [1.54, 1.807) is 0 Å². The number of H-pyrrole nitrogens is 1. The predicted molar refractivity (Wildman–Crippen MR) is 115 cm³/mol. The number of aromatic nitrogens is 2. The topological polar surface area (TPSA) is 119 Å². The molecule has 0 saturated heterocycles. The lowest BCUT2D eigenvalue weighted by atomic mass is 9.69. The molecule has 2 saturated carbocycles. The van der Waals surface area contributed by atoms with Crippen molar-refractivity contribution in [3.8, 4) is 6.01 Å². The fraction of sp³-hybridized carbons (Fsp3) is 0.591. The van der Waals surface area contributed by atoms with E-state index in [-0.39, 0.29) is 45.2 Å². The van der Waals surface area contributed by atoms with E-state index in [1.807, 2.05) is 13.0 Å². The molecule has 3 aliphatic rings. The molecule has 2 unspecified atom stereocenters. The summed E-state index contributed by atoms with van der Waals surface area (Å²) in [4.78, 5) is 31.1. The molecule has 166 valence electrons. The third kappa shape index (κ3) is 3.43. The molecule has 2 aromatic heterocycles. The van der Waals surface area contributed by atoms with E-state index in [1.165, 1.54) is 18.9 Å². The quantitative estimate of drug-likeness (QED) is 0.767. The highest BCUT2D eigenvalue weighted by atomic mass is 32.2. The van der Waals surface area contributed by atoms with Gasteiger partial charge in [0.2, 0.25) is 5.71 Å². The highest BCUT2D eigenvalue weighted by Crippen LogP contribution is 2.54. The van der Waals surface area contributed by atoms with Crippen LogP contribution in [-0.2, 0) is 16.3 Å². The minimum atomic E-state index is -3.45. The standard InChI is InChI=1S/C22H26N2O6S/c1-2-13-10-17(25)30-20-18(13)19(26)23-21(24-20)29-12-15-9-14-5-8-22(6-3-4-7-22)11-16(14)31(15,27)28/h9-10,14,16H,2-8,11-12H2,1H3,(H,23,24,26). The van der Waals surface area contributed by atoms with Crippen LogP contribution < -0.4 is 15.9 Å². The second kappa shape index (κ2) is 7.32. The van der Waals surface area contributed by atoms with E-state index in [2.05, 4.69) is 9.97 Å². The molecule has 0 aromatic carbocycles. The van der Waals surface area contributed by atoms with Crippen molar-refractivity contribution in [2.45, 2.75) is 63.5 Å². The average Bonchev–Trinajstić information content (AvgIpc) is 3.28. The lowest BCUT2D eigenvalue weighted by Crippen LogP contribution is -2.37. The summed E-state index contributed by atoms with van der Waals surface area (Å²) in [5, 5.41) is -0.165. The van der Waals surface area contributed by atoms with E-state index >= 15 is 0 Å². The van der Waals surface area contributed by atoms with Gasteiger partial charge in [0, 0.05) is 6.07 Å². The van der Waals surface area contributed by atoms with Gasteiger partial charge in [-0.05, 0) is 55.4 Å². The molecule has 31 heavy (non-hydrogen) atoms. The van der Waals surface area contributed by atoms with E-state index in [0.29, 0.717) is 12.0 Å². The van der Waals surface area contributed by atoms with Crippen molar-refractivity contribution in [2.24, 2.45) is 11.3 Å². The van der Waals surface area contributed by atoms with Gasteiger partial charge in [-0.1, -0.05) is 25.8 Å². The molecule has 1 spiro atoms. The Morgan fingerprint density at radius 3 is 2.77 bits per heavy atom. The van der Waals surface area contributed by atoms with Gasteiger partial charge in [-0.3, -0.25) is 9.78 Å². The number of rotatable bonds is 4. The molecule has 2 aromatic rings. The van der Waals surface area contributed by atoms with E-state index < -0.39 is 21.0 Å². The van der Waals surface area contributed by atoms with Crippen LogP contribution in [0.2, 0.25) is 0 Å². The van der Waals surface area contributed by atoms with Crippen LogP contribution in [0.15, 0.2) is 31.1 Å². The minimum absolute atomic E-state index is 0.0311. The van der Waals surface area contributed by atoms with Crippen LogP contribution in [0.25, 0.3) is 11.1 Å². The van der Waals surface area contributed by atoms with Crippen LogP contribution >= 0.6 is 0 Å². The lowest BCUT2D eigenvalue weighted by molar-refractivity contribution is 0.177. The highest BCUT2D eigenvalue weighted by molar-refractivity contribution is 7.96. The summed E-state index contributed by atoms with van der Waals surface area (Å²) in [6.07, 6.45) is 9.66. The van der Waals surface area contributed by atoms with Crippen LogP contribution in [-0.4, -0.2) is 30.2 Å². The van der Waals surface area contributed by atoms with E-state index in [0.717, 1.165) is 32.1 Å². The zero-order chi connectivity index (χ0) is 21.8. The Morgan fingerprint density at radius 1 is 1.26 bits per heavy atom.